The summed E-state index contributed by atoms with van der Waals surface area (Å²) in [4.78, 5) is 24.3. The predicted molar refractivity (Wildman–Crippen MR) is 95.0 cm³/mol. The van der Waals surface area contributed by atoms with E-state index in [-0.39, 0.29) is 24.6 Å². The molecule has 1 fully saturated rings. The van der Waals surface area contributed by atoms with E-state index in [1.54, 1.807) is 0 Å². The van der Waals surface area contributed by atoms with Crippen molar-refractivity contribution in [1.82, 2.24) is 9.88 Å². The van der Waals surface area contributed by atoms with Gasteiger partial charge in [-0.3, -0.25) is 9.59 Å². The molecule has 0 spiro atoms. The number of hydrogen-bond donors (Lipinski definition) is 1. The van der Waals surface area contributed by atoms with Gasteiger partial charge >= 0.3 is 5.97 Å². The highest BCUT2D eigenvalue weighted by molar-refractivity contribution is 5.81. The molecule has 0 unspecified atom stereocenters. The summed E-state index contributed by atoms with van der Waals surface area (Å²) in [5.41, 5.74) is 2.80. The molecular formula is C20H24N2O3. The first-order valence-corrected chi connectivity index (χ1v) is 8.65. The van der Waals surface area contributed by atoms with Crippen LogP contribution in [0.15, 0.2) is 42.5 Å². The minimum atomic E-state index is -0.403. The molecule has 25 heavy (non-hydrogen) atoms. The lowest BCUT2D eigenvalue weighted by Crippen LogP contribution is -2.51. The quantitative estimate of drug-likeness (QED) is 0.823. The maximum atomic E-state index is 12.3. The van der Waals surface area contributed by atoms with E-state index in [0.717, 1.165) is 36.2 Å². The van der Waals surface area contributed by atoms with Crippen LogP contribution in [0.2, 0.25) is 0 Å². The number of aromatic nitrogens is 1. The maximum absolute atomic E-state index is 12.3. The van der Waals surface area contributed by atoms with Crippen LogP contribution in [0.1, 0.15) is 36.2 Å². The van der Waals surface area contributed by atoms with Crippen molar-refractivity contribution < 1.29 is 14.3 Å². The van der Waals surface area contributed by atoms with Gasteiger partial charge in [-0.1, -0.05) is 30.3 Å². The van der Waals surface area contributed by atoms with E-state index >= 15 is 0 Å². The third-order valence-corrected chi connectivity index (χ3v) is 4.98. The summed E-state index contributed by atoms with van der Waals surface area (Å²) in [6.45, 7) is 3.76. The van der Waals surface area contributed by atoms with Gasteiger partial charge in [-0.2, -0.15) is 0 Å². The molecule has 1 aromatic heterocycles. The normalized spacial score (nSPS) is 15.3. The van der Waals surface area contributed by atoms with E-state index in [4.69, 9.17) is 4.74 Å². The van der Waals surface area contributed by atoms with Gasteiger partial charge in [0.05, 0.1) is 5.54 Å². The smallest absolute Gasteiger partial charge is 0.326 e. The number of hydrogen-bond acceptors (Lipinski definition) is 3. The highest BCUT2D eigenvalue weighted by atomic mass is 16.5. The minimum Gasteiger partial charge on any atom is -0.454 e. The lowest BCUT2D eigenvalue weighted by Gasteiger charge is -2.43. The van der Waals surface area contributed by atoms with Crippen LogP contribution < -0.4 is 5.32 Å². The summed E-state index contributed by atoms with van der Waals surface area (Å²) >= 11 is 0. The van der Waals surface area contributed by atoms with Crippen molar-refractivity contribution in [2.24, 2.45) is 0 Å². The van der Waals surface area contributed by atoms with Gasteiger partial charge in [0.25, 0.3) is 5.91 Å². The highest BCUT2D eigenvalue weighted by Crippen LogP contribution is 2.41. The van der Waals surface area contributed by atoms with Gasteiger partial charge in [0.15, 0.2) is 6.61 Å². The Balaban J connectivity index is 1.53. The molecule has 1 amide bonds. The molecule has 5 nitrogen and oxygen atoms in total. The average Bonchev–Trinajstić information content (AvgIpc) is 2.89. The number of benzene rings is 1. The van der Waals surface area contributed by atoms with Gasteiger partial charge in [0, 0.05) is 11.4 Å². The fourth-order valence-electron chi connectivity index (χ4n) is 3.35. The first kappa shape index (κ1) is 17.3. The molecule has 1 N–H and O–H groups in total. The molecule has 3 rings (SSSR count). The number of rotatable bonds is 6. The topological polar surface area (TPSA) is 60.3 Å². The lowest BCUT2D eigenvalue weighted by atomic mass is 9.72. The van der Waals surface area contributed by atoms with Crippen LogP contribution in [0.5, 0.6) is 0 Å². The number of amides is 1. The number of aryl methyl sites for hydroxylation is 2. The van der Waals surface area contributed by atoms with Crippen LogP contribution in [-0.4, -0.2) is 23.1 Å². The molecule has 0 radical (unpaired) electrons. The molecule has 1 aliphatic carbocycles. The van der Waals surface area contributed by atoms with E-state index in [1.165, 1.54) is 0 Å². The van der Waals surface area contributed by atoms with Crippen molar-refractivity contribution in [2.45, 2.75) is 45.2 Å². The molecule has 132 valence electrons. The molecule has 1 saturated carbocycles. The highest BCUT2D eigenvalue weighted by Gasteiger charge is 2.39. The second-order valence-corrected chi connectivity index (χ2v) is 6.71. The molecule has 0 atom stereocenters. The predicted octanol–water partition coefficient (Wildman–Crippen LogP) is 2.84. The first-order chi connectivity index (χ1) is 12.0. The Kier molecular flexibility index (Phi) is 4.93. The molecule has 0 saturated heterocycles. The van der Waals surface area contributed by atoms with Crippen molar-refractivity contribution in [2.75, 3.05) is 6.61 Å². The first-order valence-electron chi connectivity index (χ1n) is 8.65. The van der Waals surface area contributed by atoms with Crippen molar-refractivity contribution in [1.29, 1.82) is 0 Å². The van der Waals surface area contributed by atoms with Crippen molar-refractivity contribution in [3.63, 3.8) is 0 Å². The Morgan fingerprint density at radius 2 is 1.72 bits per heavy atom. The molecule has 2 aromatic rings. The fraction of sp³-hybridized carbons (Fsp3) is 0.400. The van der Waals surface area contributed by atoms with Crippen LogP contribution in [0.3, 0.4) is 0 Å². The Hall–Kier alpha value is -2.56. The van der Waals surface area contributed by atoms with E-state index < -0.39 is 5.97 Å². The van der Waals surface area contributed by atoms with Gasteiger partial charge in [-0.15, -0.1) is 0 Å². The summed E-state index contributed by atoms with van der Waals surface area (Å²) in [5, 5.41) is 3.06. The van der Waals surface area contributed by atoms with Gasteiger partial charge in [0.1, 0.15) is 6.54 Å². The third kappa shape index (κ3) is 3.76. The van der Waals surface area contributed by atoms with Crippen LogP contribution in [0.25, 0.3) is 0 Å². The molecule has 1 aliphatic rings. The zero-order valence-electron chi connectivity index (χ0n) is 14.7. The number of carbonyl (C=O) groups excluding carboxylic acids is 2. The van der Waals surface area contributed by atoms with Gasteiger partial charge in [0.2, 0.25) is 0 Å². The molecule has 0 bridgehead atoms. The summed E-state index contributed by atoms with van der Waals surface area (Å²) in [6.07, 6.45) is 2.91. The monoisotopic (exact) mass is 340 g/mol. The summed E-state index contributed by atoms with van der Waals surface area (Å²) in [6, 6.07) is 13.9. The van der Waals surface area contributed by atoms with Gasteiger partial charge < -0.3 is 14.6 Å². The largest absolute Gasteiger partial charge is 0.454 e. The Morgan fingerprint density at radius 1 is 1.08 bits per heavy atom. The molecule has 0 aliphatic heterocycles. The van der Waals surface area contributed by atoms with Crippen molar-refractivity contribution in [3.05, 3.63) is 59.4 Å². The van der Waals surface area contributed by atoms with Crippen LogP contribution in [0.4, 0.5) is 0 Å². The molecule has 1 aromatic carbocycles. The van der Waals surface area contributed by atoms with Crippen molar-refractivity contribution in [3.8, 4) is 0 Å². The van der Waals surface area contributed by atoms with Gasteiger partial charge in [-0.25, -0.2) is 0 Å². The van der Waals surface area contributed by atoms with E-state index in [1.807, 2.05) is 60.9 Å². The number of ether oxygens (including phenoxy) is 1. The van der Waals surface area contributed by atoms with E-state index in [9.17, 15) is 9.59 Å². The number of esters is 1. The Labute approximate surface area is 148 Å². The summed E-state index contributed by atoms with van der Waals surface area (Å²) in [7, 11) is 0. The van der Waals surface area contributed by atoms with E-state index in [0.29, 0.717) is 0 Å². The number of nitrogens with zero attached hydrogens (tertiary/aromatic N) is 1. The second kappa shape index (κ2) is 7.13. The van der Waals surface area contributed by atoms with Crippen LogP contribution in [-0.2, 0) is 26.4 Å². The second-order valence-electron chi connectivity index (χ2n) is 6.71. The minimum absolute atomic E-state index is 0.127. The van der Waals surface area contributed by atoms with E-state index in [2.05, 4.69) is 5.32 Å². The zero-order valence-corrected chi connectivity index (χ0v) is 14.7. The third-order valence-electron chi connectivity index (χ3n) is 4.98. The molecule has 5 heteroatoms. The summed E-state index contributed by atoms with van der Waals surface area (Å²) in [5.74, 6) is -0.655. The standard InChI is InChI=1S/C20H24N2O3/c1-15-9-10-16(2)22(15)13-19(24)25-14-18(23)21-20(11-6-12-20)17-7-4-3-5-8-17/h3-5,7-10H,6,11-14H2,1-2H3,(H,21,23). The SMILES string of the molecule is Cc1ccc(C)n1CC(=O)OCC(=O)NC1(c2ccccc2)CCC1. The Bertz CT molecular complexity index is 741. The Morgan fingerprint density at radius 3 is 2.28 bits per heavy atom. The zero-order chi connectivity index (χ0) is 17.9. The number of carbonyl (C=O) groups is 2. The van der Waals surface area contributed by atoms with Gasteiger partial charge in [-0.05, 0) is 50.8 Å². The maximum Gasteiger partial charge on any atom is 0.326 e. The average molecular weight is 340 g/mol. The fourth-order valence-corrected chi connectivity index (χ4v) is 3.35. The van der Waals surface area contributed by atoms with Crippen LogP contribution in [0, 0.1) is 13.8 Å². The summed E-state index contributed by atoms with van der Waals surface area (Å²) < 4.78 is 7.04. The van der Waals surface area contributed by atoms with Crippen LogP contribution >= 0.6 is 0 Å². The number of nitrogens with one attached hydrogen (secondary N) is 1. The van der Waals surface area contributed by atoms with Crippen molar-refractivity contribution >= 4 is 11.9 Å². The molecular weight excluding hydrogens is 316 g/mol. The molecule has 1 heterocycles. The lowest BCUT2D eigenvalue weighted by molar-refractivity contribution is -0.150.